The lowest BCUT2D eigenvalue weighted by Crippen LogP contribution is -2.32. The van der Waals surface area contributed by atoms with Crippen molar-refractivity contribution in [2.24, 2.45) is 0 Å². The van der Waals surface area contributed by atoms with E-state index in [1.807, 2.05) is 6.07 Å². The third kappa shape index (κ3) is 4.25. The number of halogens is 3. The van der Waals surface area contributed by atoms with Gasteiger partial charge in [0.15, 0.2) is 0 Å². The van der Waals surface area contributed by atoms with Gasteiger partial charge in [-0.05, 0) is 28.7 Å². The summed E-state index contributed by atoms with van der Waals surface area (Å²) in [5.74, 6) is -0.289. The molecule has 30 heavy (non-hydrogen) atoms. The highest BCUT2D eigenvalue weighted by Crippen LogP contribution is 2.30. The van der Waals surface area contributed by atoms with Crippen molar-refractivity contribution in [3.63, 3.8) is 0 Å². The second-order valence-electron chi connectivity index (χ2n) is 6.67. The Morgan fingerprint density at radius 3 is 2.83 bits per heavy atom. The molecule has 1 atom stereocenters. The molecule has 0 saturated heterocycles. The number of aromatic nitrogens is 3. The van der Waals surface area contributed by atoms with Crippen molar-refractivity contribution < 1.29 is 27.6 Å². The van der Waals surface area contributed by atoms with Crippen molar-refractivity contribution in [1.82, 2.24) is 14.5 Å². The van der Waals surface area contributed by atoms with Gasteiger partial charge in [0, 0.05) is 16.7 Å². The van der Waals surface area contributed by atoms with Crippen molar-refractivity contribution in [2.45, 2.75) is 25.4 Å². The molecular formula is C19H15F3N4O4. The van der Waals surface area contributed by atoms with Crippen LogP contribution in [0.5, 0.6) is 6.01 Å². The van der Waals surface area contributed by atoms with E-state index < -0.39 is 16.7 Å². The Balaban J connectivity index is 1.41. The van der Waals surface area contributed by atoms with E-state index in [1.54, 1.807) is 18.2 Å². The first kappa shape index (κ1) is 19.8. The van der Waals surface area contributed by atoms with Crippen LogP contribution < -0.4 is 4.74 Å². The van der Waals surface area contributed by atoms with Gasteiger partial charge in [0.25, 0.3) is 0 Å². The van der Waals surface area contributed by atoms with Crippen LogP contribution in [-0.2, 0) is 24.1 Å². The molecule has 0 N–H and O–H groups in total. The zero-order valence-corrected chi connectivity index (χ0v) is 15.4. The summed E-state index contributed by atoms with van der Waals surface area (Å²) in [5, 5.41) is 10.8. The minimum Gasteiger partial charge on any atom is -0.443 e. The fourth-order valence-corrected chi connectivity index (χ4v) is 3.03. The molecule has 0 saturated carbocycles. The molecule has 8 nitrogen and oxygen atoms in total. The molecule has 156 valence electrons. The number of benzene rings is 1. The Morgan fingerprint density at radius 2 is 2.13 bits per heavy atom. The van der Waals surface area contributed by atoms with Crippen molar-refractivity contribution in [3.8, 4) is 17.3 Å². The summed E-state index contributed by atoms with van der Waals surface area (Å²) in [6, 6.07) is 9.62. The van der Waals surface area contributed by atoms with Gasteiger partial charge in [-0.3, -0.25) is 9.55 Å². The molecule has 0 amide bonds. The van der Waals surface area contributed by atoms with Gasteiger partial charge in [-0.2, -0.15) is 13.2 Å². The third-order valence-corrected chi connectivity index (χ3v) is 4.51. The topological polar surface area (TPSA) is 92.3 Å². The molecule has 0 radical (unpaired) electrons. The molecule has 0 aliphatic carbocycles. The lowest BCUT2D eigenvalue weighted by Gasteiger charge is -2.22. The molecule has 1 aromatic carbocycles. The van der Waals surface area contributed by atoms with E-state index in [-0.39, 0.29) is 31.1 Å². The fraction of sp³-hybridized carbons (Fsp3) is 0.263. The van der Waals surface area contributed by atoms with Gasteiger partial charge in [-0.1, -0.05) is 18.2 Å². The van der Waals surface area contributed by atoms with Crippen LogP contribution in [0.2, 0.25) is 0 Å². The van der Waals surface area contributed by atoms with Gasteiger partial charge in [-0.25, -0.2) is 0 Å². The Morgan fingerprint density at radius 1 is 1.30 bits per heavy atom. The summed E-state index contributed by atoms with van der Waals surface area (Å²) in [6.45, 7) is 0.791. The smallest absolute Gasteiger partial charge is 0.417 e. The predicted octanol–water partition coefficient (Wildman–Crippen LogP) is 3.85. The lowest BCUT2D eigenvalue weighted by molar-refractivity contribution is -0.389. The van der Waals surface area contributed by atoms with E-state index in [4.69, 9.17) is 9.47 Å². The molecule has 11 heteroatoms. The van der Waals surface area contributed by atoms with Crippen molar-refractivity contribution in [1.29, 1.82) is 0 Å². The van der Waals surface area contributed by atoms with E-state index >= 15 is 0 Å². The molecule has 3 aromatic rings. The minimum atomic E-state index is -4.43. The summed E-state index contributed by atoms with van der Waals surface area (Å²) < 4.78 is 50.8. The number of alkyl halides is 3. The lowest BCUT2D eigenvalue weighted by atomic mass is 10.1. The summed E-state index contributed by atoms with van der Waals surface area (Å²) in [4.78, 5) is 17.9. The number of pyridine rings is 1. The van der Waals surface area contributed by atoms with Gasteiger partial charge < -0.3 is 19.6 Å². The number of hydrogen-bond acceptors (Lipinski definition) is 6. The fourth-order valence-electron chi connectivity index (χ4n) is 3.03. The summed E-state index contributed by atoms with van der Waals surface area (Å²) >= 11 is 0. The normalized spacial score (nSPS) is 16.0. The number of hydrogen-bond donors (Lipinski definition) is 0. The molecule has 1 aliphatic rings. The average Bonchev–Trinajstić information content (AvgIpc) is 3.16. The molecule has 4 rings (SSSR count). The molecule has 0 unspecified atom stereocenters. The Bertz CT molecular complexity index is 1070. The quantitative estimate of drug-likeness (QED) is 0.460. The van der Waals surface area contributed by atoms with E-state index in [2.05, 4.69) is 9.97 Å². The molecule has 1 aliphatic heterocycles. The van der Waals surface area contributed by atoms with E-state index in [1.165, 1.54) is 16.8 Å². The second kappa shape index (κ2) is 7.75. The van der Waals surface area contributed by atoms with Crippen molar-refractivity contribution in [3.05, 3.63) is 70.0 Å². The highest BCUT2D eigenvalue weighted by atomic mass is 19.4. The average molecular weight is 420 g/mol. The zero-order chi connectivity index (χ0) is 21.3. The SMILES string of the molecule is O=[N+]([O-])c1cn2c(n1)OC[C@@H](OCc1cccc(-c3ccc(C(F)(F)F)cn3)c1)C2. The minimum absolute atomic E-state index is 0.178. The number of fused-ring (bicyclic) bond motifs is 1. The summed E-state index contributed by atoms with van der Waals surface area (Å²) in [5.41, 5.74) is 1.08. The first-order chi connectivity index (χ1) is 14.3. The monoisotopic (exact) mass is 420 g/mol. The largest absolute Gasteiger partial charge is 0.443 e. The molecule has 0 fully saturated rings. The highest BCUT2D eigenvalue weighted by molar-refractivity contribution is 5.60. The second-order valence-corrected chi connectivity index (χ2v) is 6.67. The molecule has 2 aromatic heterocycles. The van der Waals surface area contributed by atoms with Gasteiger partial charge in [0.05, 0.1) is 24.4 Å². The van der Waals surface area contributed by atoms with Crippen LogP contribution in [0, 0.1) is 10.1 Å². The van der Waals surface area contributed by atoms with Crippen LogP contribution in [0.3, 0.4) is 0 Å². The zero-order valence-electron chi connectivity index (χ0n) is 15.4. The summed E-state index contributed by atoms with van der Waals surface area (Å²) in [7, 11) is 0. The first-order valence-corrected chi connectivity index (χ1v) is 8.88. The predicted molar refractivity (Wildman–Crippen MR) is 97.6 cm³/mol. The van der Waals surface area contributed by atoms with E-state index in [0.29, 0.717) is 17.8 Å². The Kier molecular flexibility index (Phi) is 5.12. The van der Waals surface area contributed by atoms with Crippen LogP contribution >= 0.6 is 0 Å². The summed E-state index contributed by atoms with van der Waals surface area (Å²) in [6.07, 6.45) is -2.67. The van der Waals surface area contributed by atoms with Gasteiger partial charge >= 0.3 is 18.0 Å². The van der Waals surface area contributed by atoms with Crippen molar-refractivity contribution in [2.75, 3.05) is 6.61 Å². The van der Waals surface area contributed by atoms with E-state index in [9.17, 15) is 23.3 Å². The van der Waals surface area contributed by atoms with Crippen LogP contribution in [0.1, 0.15) is 11.1 Å². The Hall–Kier alpha value is -3.47. The van der Waals surface area contributed by atoms with Gasteiger partial charge in [0.2, 0.25) is 0 Å². The van der Waals surface area contributed by atoms with E-state index in [0.717, 1.165) is 17.8 Å². The highest BCUT2D eigenvalue weighted by Gasteiger charge is 2.31. The van der Waals surface area contributed by atoms with Crippen LogP contribution in [0.4, 0.5) is 19.0 Å². The van der Waals surface area contributed by atoms with Gasteiger partial charge in [0.1, 0.15) is 18.9 Å². The number of ether oxygens (including phenoxy) is 2. The maximum Gasteiger partial charge on any atom is 0.417 e. The van der Waals surface area contributed by atoms with Crippen LogP contribution in [-0.4, -0.2) is 32.2 Å². The number of nitrogens with zero attached hydrogens (tertiary/aromatic N) is 4. The first-order valence-electron chi connectivity index (χ1n) is 8.88. The van der Waals surface area contributed by atoms with Crippen LogP contribution in [0.15, 0.2) is 48.8 Å². The maximum atomic E-state index is 12.7. The third-order valence-electron chi connectivity index (χ3n) is 4.51. The standard InChI is InChI=1S/C19H15F3N4O4/c20-19(21,22)14-4-5-16(23-7-14)13-3-1-2-12(6-13)10-29-15-8-25-9-17(26(27)28)24-18(25)30-11-15/h1-7,9,15H,8,10-11H2/t15-/m0/s1. The number of nitro groups is 1. The molecular weight excluding hydrogens is 405 g/mol. The van der Waals surface area contributed by atoms with Crippen molar-refractivity contribution >= 4 is 5.82 Å². The number of imidazole rings is 1. The number of rotatable bonds is 5. The van der Waals surface area contributed by atoms with Crippen LogP contribution in [0.25, 0.3) is 11.3 Å². The molecule has 0 spiro atoms. The molecule has 0 bridgehead atoms. The maximum absolute atomic E-state index is 12.7. The van der Waals surface area contributed by atoms with Gasteiger partial charge in [-0.15, -0.1) is 0 Å². The molecule has 3 heterocycles. The Labute approximate surface area is 168 Å².